The third-order valence-electron chi connectivity index (χ3n) is 6.53. The minimum absolute atomic E-state index is 0.0101. The van der Waals surface area contributed by atoms with Gasteiger partial charge in [-0.1, -0.05) is 48.5 Å². The number of benzene rings is 3. The van der Waals surface area contributed by atoms with Crippen molar-refractivity contribution < 1.29 is 9.53 Å². The van der Waals surface area contributed by atoms with E-state index in [9.17, 15) is 9.59 Å². The third-order valence-corrected chi connectivity index (χ3v) is 6.53. The molecule has 1 aliphatic carbocycles. The summed E-state index contributed by atoms with van der Waals surface area (Å²) >= 11 is 0. The first-order valence-corrected chi connectivity index (χ1v) is 11.6. The van der Waals surface area contributed by atoms with Crippen LogP contribution in [0.15, 0.2) is 83.7 Å². The molecule has 172 valence electrons. The normalized spacial score (nSPS) is 14.1. The van der Waals surface area contributed by atoms with Crippen molar-refractivity contribution in [3.05, 3.63) is 100 Å². The Labute approximate surface area is 198 Å². The molecule has 0 spiro atoms. The second kappa shape index (κ2) is 9.14. The monoisotopic (exact) mass is 453 g/mol. The van der Waals surface area contributed by atoms with Gasteiger partial charge in [0.15, 0.2) is 5.69 Å². The number of nitrogens with zero attached hydrogens (tertiary/aromatic N) is 3. The Bertz CT molecular complexity index is 1380. The summed E-state index contributed by atoms with van der Waals surface area (Å²) in [4.78, 5) is 29.2. The first kappa shape index (κ1) is 21.9. The number of hydrogen-bond donors (Lipinski definition) is 0. The lowest BCUT2D eigenvalue weighted by Gasteiger charge is -2.30. The number of fused-ring (bicyclic) bond motifs is 1. The smallest absolute Gasteiger partial charge is 0.279 e. The van der Waals surface area contributed by atoms with E-state index in [1.54, 1.807) is 19.2 Å². The molecular weight excluding hydrogens is 426 g/mol. The molecule has 1 aromatic heterocycles. The van der Waals surface area contributed by atoms with E-state index in [-0.39, 0.29) is 23.2 Å². The van der Waals surface area contributed by atoms with Gasteiger partial charge in [-0.15, -0.1) is 0 Å². The summed E-state index contributed by atoms with van der Waals surface area (Å²) in [5.41, 5.74) is 1.82. The average Bonchev–Trinajstić information content (AvgIpc) is 3.72. The first-order chi connectivity index (χ1) is 16.6. The van der Waals surface area contributed by atoms with Crippen molar-refractivity contribution in [2.24, 2.45) is 5.92 Å². The maximum absolute atomic E-state index is 14.1. The van der Waals surface area contributed by atoms with Gasteiger partial charge >= 0.3 is 0 Å². The summed E-state index contributed by atoms with van der Waals surface area (Å²) in [6.45, 7) is 2.38. The molecule has 3 aromatic carbocycles. The van der Waals surface area contributed by atoms with Gasteiger partial charge in [-0.25, -0.2) is 4.68 Å². The first-order valence-electron chi connectivity index (χ1n) is 11.6. The fourth-order valence-electron chi connectivity index (χ4n) is 4.44. The Hall–Kier alpha value is -3.93. The van der Waals surface area contributed by atoms with Crippen molar-refractivity contribution in [3.63, 3.8) is 0 Å². The quantitative estimate of drug-likeness (QED) is 0.399. The fourth-order valence-corrected chi connectivity index (χ4v) is 4.44. The highest BCUT2D eigenvalue weighted by molar-refractivity contribution is 6.12. The van der Waals surface area contributed by atoms with Crippen LogP contribution in [0.4, 0.5) is 5.69 Å². The van der Waals surface area contributed by atoms with E-state index in [1.165, 1.54) is 4.68 Å². The average molecular weight is 454 g/mol. The van der Waals surface area contributed by atoms with Crippen LogP contribution in [0.2, 0.25) is 0 Å². The zero-order valence-corrected chi connectivity index (χ0v) is 19.3. The predicted octanol–water partition coefficient (Wildman–Crippen LogP) is 4.90. The van der Waals surface area contributed by atoms with E-state index in [1.807, 2.05) is 71.6 Å². The molecule has 0 N–H and O–H groups in total. The van der Waals surface area contributed by atoms with Gasteiger partial charge < -0.3 is 9.64 Å². The van der Waals surface area contributed by atoms with Crippen molar-refractivity contribution in [2.45, 2.75) is 32.4 Å². The van der Waals surface area contributed by atoms with Crippen LogP contribution in [0.25, 0.3) is 10.8 Å². The minimum atomic E-state index is -0.206. The van der Waals surface area contributed by atoms with E-state index in [2.05, 4.69) is 12.0 Å². The van der Waals surface area contributed by atoms with Crippen LogP contribution >= 0.6 is 0 Å². The van der Waals surface area contributed by atoms with Gasteiger partial charge in [0.05, 0.1) is 19.0 Å². The largest absolute Gasteiger partial charge is 0.497 e. The molecule has 6 heteroatoms. The summed E-state index contributed by atoms with van der Waals surface area (Å²) in [6, 6.07) is 24.4. The second-order valence-electron chi connectivity index (χ2n) is 8.79. The number of rotatable bonds is 7. The third kappa shape index (κ3) is 4.19. The fraction of sp³-hybridized carbons (Fsp3) is 0.250. The van der Waals surface area contributed by atoms with Crippen molar-refractivity contribution in [2.75, 3.05) is 12.0 Å². The molecule has 1 atom stereocenters. The zero-order chi connectivity index (χ0) is 23.7. The molecule has 1 heterocycles. The summed E-state index contributed by atoms with van der Waals surface area (Å²) in [5.74, 6) is 0.977. The Morgan fingerprint density at radius 2 is 1.65 bits per heavy atom. The van der Waals surface area contributed by atoms with E-state index < -0.39 is 0 Å². The van der Waals surface area contributed by atoms with Gasteiger partial charge in [0, 0.05) is 17.1 Å². The van der Waals surface area contributed by atoms with Gasteiger partial charge in [-0.3, -0.25) is 9.59 Å². The number of aromatic nitrogens is 2. The molecule has 5 rings (SSSR count). The van der Waals surface area contributed by atoms with E-state index >= 15 is 0 Å². The Morgan fingerprint density at radius 1 is 1.00 bits per heavy atom. The highest BCUT2D eigenvalue weighted by Crippen LogP contribution is 2.38. The molecule has 1 aliphatic rings. The van der Waals surface area contributed by atoms with Gasteiger partial charge in [0.2, 0.25) is 0 Å². The molecule has 4 aromatic rings. The Kier molecular flexibility index (Phi) is 5.88. The molecular formula is C28H27N3O3. The van der Waals surface area contributed by atoms with Crippen LogP contribution in [-0.2, 0) is 6.54 Å². The molecule has 34 heavy (non-hydrogen) atoms. The molecule has 1 amide bonds. The molecule has 1 fully saturated rings. The lowest BCUT2D eigenvalue weighted by molar-refractivity contribution is 0.0970. The van der Waals surface area contributed by atoms with Crippen LogP contribution in [0, 0.1) is 5.92 Å². The van der Waals surface area contributed by atoms with Gasteiger partial charge in [-0.2, -0.15) is 5.10 Å². The summed E-state index contributed by atoms with van der Waals surface area (Å²) < 4.78 is 6.71. The van der Waals surface area contributed by atoms with Gasteiger partial charge in [0.25, 0.3) is 11.5 Å². The number of carbonyl (C=O) groups excluding carboxylic acids is 1. The molecule has 0 saturated heterocycles. The van der Waals surface area contributed by atoms with Crippen LogP contribution in [0.1, 0.15) is 35.8 Å². The van der Waals surface area contributed by atoms with Crippen LogP contribution in [-0.4, -0.2) is 28.8 Å². The lowest BCUT2D eigenvalue weighted by Crippen LogP contribution is -2.41. The number of amides is 1. The van der Waals surface area contributed by atoms with E-state index in [0.717, 1.165) is 29.8 Å². The maximum Gasteiger partial charge on any atom is 0.279 e. The van der Waals surface area contributed by atoms with E-state index in [4.69, 9.17) is 4.74 Å². The van der Waals surface area contributed by atoms with Crippen molar-refractivity contribution in [1.29, 1.82) is 0 Å². The van der Waals surface area contributed by atoms with Crippen LogP contribution in [0.3, 0.4) is 0 Å². The lowest BCUT2D eigenvalue weighted by atomic mass is 10.1. The molecule has 6 nitrogen and oxygen atoms in total. The SMILES string of the molecule is COc1ccc(N(C(=O)c2nn(Cc3ccccc3)c(=O)c3ccccc23)C(C)C2CC2)cc1. The van der Waals surface area contributed by atoms with Gasteiger partial charge in [0.1, 0.15) is 5.75 Å². The maximum atomic E-state index is 14.1. The summed E-state index contributed by atoms with van der Waals surface area (Å²) in [7, 11) is 1.62. The Morgan fingerprint density at radius 3 is 2.29 bits per heavy atom. The number of ether oxygens (including phenoxy) is 1. The minimum Gasteiger partial charge on any atom is -0.497 e. The standard InChI is InChI=1S/C28H27N3O3/c1-19(21-12-13-21)31(22-14-16-23(34-2)17-15-22)28(33)26-24-10-6-7-11-25(24)27(32)30(29-26)18-20-8-4-3-5-9-20/h3-11,14-17,19,21H,12-13,18H2,1-2H3. The second-order valence-corrected chi connectivity index (χ2v) is 8.79. The molecule has 1 unspecified atom stereocenters. The summed E-state index contributed by atoms with van der Waals surface area (Å²) in [5, 5.41) is 5.69. The van der Waals surface area contributed by atoms with E-state index in [0.29, 0.717) is 23.2 Å². The number of hydrogen-bond acceptors (Lipinski definition) is 4. The molecule has 0 radical (unpaired) electrons. The highest BCUT2D eigenvalue weighted by Gasteiger charge is 2.36. The number of anilines is 1. The zero-order valence-electron chi connectivity index (χ0n) is 19.3. The van der Waals surface area contributed by atoms with Crippen LogP contribution in [0.5, 0.6) is 5.75 Å². The molecule has 0 aliphatic heterocycles. The van der Waals surface area contributed by atoms with Crippen molar-refractivity contribution in [3.8, 4) is 5.75 Å². The Balaban J connectivity index is 1.63. The topological polar surface area (TPSA) is 64.4 Å². The van der Waals surface area contributed by atoms with Crippen molar-refractivity contribution >= 4 is 22.4 Å². The molecule has 0 bridgehead atoms. The number of carbonyl (C=O) groups is 1. The van der Waals surface area contributed by atoms with Crippen LogP contribution < -0.4 is 15.2 Å². The predicted molar refractivity (Wildman–Crippen MR) is 134 cm³/mol. The molecule has 1 saturated carbocycles. The number of methoxy groups -OCH3 is 1. The summed E-state index contributed by atoms with van der Waals surface area (Å²) in [6.07, 6.45) is 2.20. The highest BCUT2D eigenvalue weighted by atomic mass is 16.5. The van der Waals surface area contributed by atoms with Crippen molar-refractivity contribution in [1.82, 2.24) is 9.78 Å². The van der Waals surface area contributed by atoms with Gasteiger partial charge in [-0.05, 0) is 61.6 Å².